The van der Waals surface area contributed by atoms with Crippen LogP contribution in [0.2, 0.25) is 0 Å². The number of carbonyl (C=O) groups excluding carboxylic acids is 1. The monoisotopic (exact) mass is 428 g/mol. The van der Waals surface area contributed by atoms with E-state index < -0.39 is 10.0 Å². The normalized spacial score (nSPS) is 10.9. The molecule has 0 atom stereocenters. The van der Waals surface area contributed by atoms with Gasteiger partial charge in [0.1, 0.15) is 5.75 Å². The highest BCUT2D eigenvalue weighted by Gasteiger charge is 2.17. The Balaban J connectivity index is 1.68. The molecule has 0 saturated carbocycles. The molecule has 0 radical (unpaired) electrons. The fourth-order valence-corrected chi connectivity index (χ4v) is 4.37. The molecule has 3 rings (SSSR count). The number of rotatable bonds is 8. The first kappa shape index (κ1) is 20.8. The largest absolute Gasteiger partial charge is 0.495 e. The van der Waals surface area contributed by atoms with Crippen molar-refractivity contribution < 1.29 is 17.9 Å². The van der Waals surface area contributed by atoms with Crippen molar-refractivity contribution in [1.29, 1.82) is 0 Å². The minimum absolute atomic E-state index is 0.0388. The van der Waals surface area contributed by atoms with E-state index in [0.717, 1.165) is 4.90 Å². The van der Waals surface area contributed by atoms with Crippen LogP contribution in [0.5, 0.6) is 5.75 Å². The first-order valence-electron chi connectivity index (χ1n) is 8.71. The van der Waals surface area contributed by atoms with Gasteiger partial charge in [-0.2, -0.15) is 0 Å². The van der Waals surface area contributed by atoms with Crippen LogP contribution in [-0.4, -0.2) is 27.2 Å². The van der Waals surface area contributed by atoms with Gasteiger partial charge in [-0.15, -0.1) is 11.8 Å². The summed E-state index contributed by atoms with van der Waals surface area (Å²) in [5, 5.41) is 2.73. The van der Waals surface area contributed by atoms with Crippen molar-refractivity contribution in [3.05, 3.63) is 78.9 Å². The minimum atomic E-state index is -3.85. The molecule has 0 aromatic heterocycles. The molecule has 6 nitrogen and oxygen atoms in total. The number of methoxy groups -OCH3 is 1. The third-order valence-corrected chi connectivity index (χ3v) is 6.27. The Hall–Kier alpha value is -2.97. The van der Waals surface area contributed by atoms with Gasteiger partial charge < -0.3 is 10.1 Å². The first-order chi connectivity index (χ1) is 14.0. The maximum Gasteiger partial charge on any atom is 0.262 e. The van der Waals surface area contributed by atoms with E-state index in [1.807, 2.05) is 30.3 Å². The summed E-state index contributed by atoms with van der Waals surface area (Å²) in [6.07, 6.45) is 0. The average molecular weight is 429 g/mol. The van der Waals surface area contributed by atoms with Crippen LogP contribution in [0.25, 0.3) is 0 Å². The molecule has 1 amide bonds. The summed E-state index contributed by atoms with van der Waals surface area (Å²) >= 11 is 1.41. The van der Waals surface area contributed by atoms with Gasteiger partial charge in [0.15, 0.2) is 0 Å². The topological polar surface area (TPSA) is 84.5 Å². The first-order valence-corrected chi connectivity index (χ1v) is 11.2. The third-order valence-electron chi connectivity index (χ3n) is 3.89. The lowest BCUT2D eigenvalue weighted by atomic mass is 10.3. The molecule has 0 aliphatic carbocycles. The predicted octanol–water partition coefficient (Wildman–Crippen LogP) is 4.23. The Morgan fingerprint density at radius 2 is 1.69 bits per heavy atom. The van der Waals surface area contributed by atoms with Crippen molar-refractivity contribution in [3.8, 4) is 5.75 Å². The molecule has 3 aromatic carbocycles. The summed E-state index contributed by atoms with van der Waals surface area (Å²) in [5.41, 5.74) is 0.746. The van der Waals surface area contributed by atoms with Crippen molar-refractivity contribution in [2.75, 3.05) is 22.9 Å². The number of nitrogens with one attached hydrogen (secondary N) is 2. The maximum absolute atomic E-state index is 12.7. The zero-order valence-electron chi connectivity index (χ0n) is 15.7. The van der Waals surface area contributed by atoms with Crippen LogP contribution in [-0.2, 0) is 14.8 Å². The predicted molar refractivity (Wildman–Crippen MR) is 116 cm³/mol. The van der Waals surface area contributed by atoms with Crippen molar-refractivity contribution in [3.63, 3.8) is 0 Å². The van der Waals surface area contributed by atoms with E-state index in [1.54, 1.807) is 36.4 Å². The van der Waals surface area contributed by atoms with Crippen molar-refractivity contribution in [2.24, 2.45) is 0 Å². The molecule has 0 aliphatic rings. The highest BCUT2D eigenvalue weighted by atomic mass is 32.2. The third kappa shape index (κ3) is 5.75. The molecule has 29 heavy (non-hydrogen) atoms. The van der Waals surface area contributed by atoms with E-state index in [4.69, 9.17) is 4.74 Å². The molecule has 0 unspecified atom stereocenters. The van der Waals surface area contributed by atoms with E-state index in [9.17, 15) is 13.2 Å². The molecule has 0 saturated heterocycles. The number of hydrogen-bond donors (Lipinski definition) is 2. The molecule has 3 aromatic rings. The SMILES string of the molecule is COc1ccccc1NS(=O)(=O)c1cccc(NC(=O)CSc2ccccc2)c1. The minimum Gasteiger partial charge on any atom is -0.495 e. The van der Waals surface area contributed by atoms with Gasteiger partial charge >= 0.3 is 0 Å². The molecule has 0 aliphatic heterocycles. The molecule has 150 valence electrons. The molecular weight excluding hydrogens is 408 g/mol. The molecule has 0 heterocycles. The molecule has 0 spiro atoms. The Kier molecular flexibility index (Phi) is 6.79. The lowest BCUT2D eigenvalue weighted by Gasteiger charge is -2.12. The number of ether oxygens (including phenoxy) is 1. The second-order valence-corrected chi connectivity index (χ2v) is 8.71. The van der Waals surface area contributed by atoms with Gasteiger partial charge in [-0.3, -0.25) is 9.52 Å². The van der Waals surface area contributed by atoms with Crippen molar-refractivity contribution in [1.82, 2.24) is 0 Å². The number of thioether (sulfide) groups is 1. The lowest BCUT2D eigenvalue weighted by molar-refractivity contribution is -0.113. The molecule has 0 bridgehead atoms. The van der Waals surface area contributed by atoms with Crippen LogP contribution >= 0.6 is 11.8 Å². The molecule has 8 heteroatoms. The van der Waals surface area contributed by atoms with Crippen LogP contribution in [0, 0.1) is 0 Å². The number of amides is 1. The fraction of sp³-hybridized carbons (Fsp3) is 0.0952. The Bertz CT molecular complexity index is 1090. The lowest BCUT2D eigenvalue weighted by Crippen LogP contribution is -2.16. The van der Waals surface area contributed by atoms with Gasteiger partial charge in [-0.1, -0.05) is 36.4 Å². The van der Waals surface area contributed by atoms with Gasteiger partial charge in [0.2, 0.25) is 5.91 Å². The summed E-state index contributed by atoms with van der Waals surface area (Å²) in [6, 6.07) is 22.4. The summed E-state index contributed by atoms with van der Waals surface area (Å²) < 4.78 is 33.2. The number of benzene rings is 3. The van der Waals surface area contributed by atoms with E-state index in [0.29, 0.717) is 17.1 Å². The Morgan fingerprint density at radius 3 is 2.45 bits per heavy atom. The summed E-state index contributed by atoms with van der Waals surface area (Å²) in [4.78, 5) is 13.2. The van der Waals surface area contributed by atoms with E-state index in [1.165, 1.54) is 31.0 Å². The van der Waals surface area contributed by atoms with Crippen LogP contribution in [0.15, 0.2) is 88.7 Å². The van der Waals surface area contributed by atoms with Gasteiger partial charge in [0.05, 0.1) is 23.4 Å². The number of para-hydroxylation sites is 2. The van der Waals surface area contributed by atoms with Crippen molar-refractivity contribution in [2.45, 2.75) is 9.79 Å². The van der Waals surface area contributed by atoms with E-state index >= 15 is 0 Å². The standard InChI is InChI=1S/C21H20N2O4S2/c1-27-20-13-6-5-12-19(20)23-29(25,26)18-11-7-8-16(14-18)22-21(24)15-28-17-9-3-2-4-10-17/h2-14,23H,15H2,1H3,(H,22,24). The van der Waals surface area contributed by atoms with Gasteiger partial charge in [0.25, 0.3) is 10.0 Å². The van der Waals surface area contributed by atoms with Crippen molar-refractivity contribution >= 4 is 39.1 Å². The second kappa shape index (κ2) is 9.49. The Labute approximate surface area is 174 Å². The summed E-state index contributed by atoms with van der Waals surface area (Å²) in [7, 11) is -2.38. The highest BCUT2D eigenvalue weighted by molar-refractivity contribution is 8.00. The zero-order valence-corrected chi connectivity index (χ0v) is 17.3. The number of anilines is 2. The number of sulfonamides is 1. The molecule has 0 fully saturated rings. The second-order valence-electron chi connectivity index (χ2n) is 5.98. The van der Waals surface area contributed by atoms with Crippen LogP contribution in [0.4, 0.5) is 11.4 Å². The summed E-state index contributed by atoms with van der Waals surface area (Å²) in [5.74, 6) is 0.421. The zero-order chi connectivity index (χ0) is 20.7. The van der Waals surface area contributed by atoms with Gasteiger partial charge in [-0.05, 0) is 42.5 Å². The summed E-state index contributed by atoms with van der Waals surface area (Å²) in [6.45, 7) is 0. The van der Waals surface area contributed by atoms with Gasteiger partial charge in [0, 0.05) is 10.6 Å². The quantitative estimate of drug-likeness (QED) is 0.525. The Morgan fingerprint density at radius 1 is 0.966 bits per heavy atom. The van der Waals surface area contributed by atoms with E-state index in [2.05, 4.69) is 10.0 Å². The molecule has 2 N–H and O–H groups in total. The number of carbonyl (C=O) groups is 1. The van der Waals surface area contributed by atoms with E-state index in [-0.39, 0.29) is 16.6 Å². The highest BCUT2D eigenvalue weighted by Crippen LogP contribution is 2.27. The smallest absolute Gasteiger partial charge is 0.262 e. The average Bonchev–Trinajstić information content (AvgIpc) is 2.73. The van der Waals surface area contributed by atoms with Crippen LogP contribution in [0.3, 0.4) is 0 Å². The number of hydrogen-bond acceptors (Lipinski definition) is 5. The fourth-order valence-electron chi connectivity index (χ4n) is 2.54. The van der Waals surface area contributed by atoms with Crippen LogP contribution < -0.4 is 14.8 Å². The van der Waals surface area contributed by atoms with Gasteiger partial charge in [-0.25, -0.2) is 8.42 Å². The molecular formula is C21H20N2O4S2. The van der Waals surface area contributed by atoms with Crippen LogP contribution in [0.1, 0.15) is 0 Å². The maximum atomic E-state index is 12.7.